The minimum absolute atomic E-state index is 0.0506. The Morgan fingerprint density at radius 2 is 2.20 bits per heavy atom. The number of rotatable bonds is 4. The van der Waals surface area contributed by atoms with Gasteiger partial charge in [-0.15, -0.1) is 0 Å². The molecule has 1 saturated heterocycles. The number of halogens is 1. The van der Waals surface area contributed by atoms with E-state index in [0.29, 0.717) is 25.2 Å². The minimum Gasteiger partial charge on any atom is -0.374 e. The Labute approximate surface area is 144 Å². The highest BCUT2D eigenvalue weighted by atomic mass is 19.1. The second-order valence-electron chi connectivity index (χ2n) is 6.44. The summed E-state index contributed by atoms with van der Waals surface area (Å²) in [6.45, 7) is 7.41. The number of hydrogen-bond acceptors (Lipinski definition) is 5. The van der Waals surface area contributed by atoms with Gasteiger partial charge >= 0.3 is 0 Å². The molecule has 1 aromatic carbocycles. The number of aromatic nitrogens is 5. The number of morpholine rings is 1. The van der Waals surface area contributed by atoms with Crippen LogP contribution in [0, 0.1) is 19.7 Å². The predicted molar refractivity (Wildman–Crippen MR) is 90.6 cm³/mol. The van der Waals surface area contributed by atoms with Gasteiger partial charge in [-0.05, 0) is 26.0 Å². The summed E-state index contributed by atoms with van der Waals surface area (Å²) in [6.07, 6.45) is 0.0506. The zero-order valence-electron chi connectivity index (χ0n) is 14.4. The number of H-pyrrole nitrogens is 1. The molecule has 1 aliphatic heterocycles. The van der Waals surface area contributed by atoms with Crippen LogP contribution in [-0.4, -0.2) is 55.4 Å². The number of nitrogens with one attached hydrogen (secondary N) is 1. The monoisotopic (exact) mass is 344 g/mol. The molecular weight excluding hydrogens is 323 g/mol. The fraction of sp³-hybridized carbons (Fsp3) is 0.471. The molecule has 0 bridgehead atoms. The Kier molecular flexibility index (Phi) is 4.22. The molecule has 8 heteroatoms. The van der Waals surface area contributed by atoms with Crippen molar-refractivity contribution >= 4 is 11.0 Å². The molecule has 4 rings (SSSR count). The van der Waals surface area contributed by atoms with Crippen molar-refractivity contribution in [2.75, 3.05) is 19.7 Å². The average molecular weight is 344 g/mol. The SMILES string of the molecule is Cc1nc(C)n(CC2CN(Cc3nc4c(F)cccc4[nH]3)CCO2)n1. The molecule has 2 aromatic heterocycles. The number of nitrogens with zero attached hydrogens (tertiary/aromatic N) is 5. The van der Waals surface area contributed by atoms with Gasteiger partial charge in [-0.3, -0.25) is 4.90 Å². The van der Waals surface area contributed by atoms with Crippen molar-refractivity contribution in [1.82, 2.24) is 29.6 Å². The van der Waals surface area contributed by atoms with E-state index < -0.39 is 0 Å². The molecule has 3 heterocycles. The maximum Gasteiger partial charge on any atom is 0.151 e. The second-order valence-corrected chi connectivity index (χ2v) is 6.44. The van der Waals surface area contributed by atoms with Crippen molar-refractivity contribution in [3.63, 3.8) is 0 Å². The molecule has 0 aliphatic carbocycles. The van der Waals surface area contributed by atoms with E-state index in [1.54, 1.807) is 6.07 Å². The predicted octanol–water partition coefficient (Wildman–Crippen LogP) is 1.81. The van der Waals surface area contributed by atoms with Crippen LogP contribution >= 0.6 is 0 Å². The van der Waals surface area contributed by atoms with Crippen LogP contribution in [0.2, 0.25) is 0 Å². The van der Waals surface area contributed by atoms with Crippen molar-refractivity contribution in [3.05, 3.63) is 41.5 Å². The Bertz CT molecular complexity index is 889. The summed E-state index contributed by atoms with van der Waals surface area (Å²) in [5.41, 5.74) is 1.13. The number of hydrogen-bond donors (Lipinski definition) is 1. The number of benzene rings is 1. The van der Waals surface area contributed by atoms with Crippen LogP contribution in [0.15, 0.2) is 18.2 Å². The Morgan fingerprint density at radius 3 is 2.96 bits per heavy atom. The van der Waals surface area contributed by atoms with Crippen LogP contribution in [0.5, 0.6) is 0 Å². The summed E-state index contributed by atoms with van der Waals surface area (Å²) in [4.78, 5) is 14.2. The zero-order chi connectivity index (χ0) is 17.4. The summed E-state index contributed by atoms with van der Waals surface area (Å²) in [7, 11) is 0. The third-order valence-corrected chi connectivity index (χ3v) is 4.45. The Balaban J connectivity index is 1.43. The number of fused-ring (bicyclic) bond motifs is 1. The Morgan fingerprint density at radius 1 is 1.32 bits per heavy atom. The number of ether oxygens (including phenoxy) is 1. The lowest BCUT2D eigenvalue weighted by molar-refractivity contribution is -0.0411. The van der Waals surface area contributed by atoms with Gasteiger partial charge in [0.25, 0.3) is 0 Å². The van der Waals surface area contributed by atoms with E-state index >= 15 is 0 Å². The molecule has 1 unspecified atom stereocenters. The Hall–Kier alpha value is -2.32. The average Bonchev–Trinajstić information content (AvgIpc) is 3.11. The summed E-state index contributed by atoms with van der Waals surface area (Å²) < 4.78 is 21.6. The molecule has 1 fully saturated rings. The molecule has 0 radical (unpaired) electrons. The third-order valence-electron chi connectivity index (χ3n) is 4.45. The lowest BCUT2D eigenvalue weighted by Crippen LogP contribution is -2.44. The highest BCUT2D eigenvalue weighted by Crippen LogP contribution is 2.17. The molecule has 0 saturated carbocycles. The van der Waals surface area contributed by atoms with Gasteiger partial charge in [0.05, 0.1) is 31.3 Å². The smallest absolute Gasteiger partial charge is 0.151 e. The largest absolute Gasteiger partial charge is 0.374 e. The van der Waals surface area contributed by atoms with E-state index in [4.69, 9.17) is 4.74 Å². The van der Waals surface area contributed by atoms with Crippen LogP contribution in [0.4, 0.5) is 4.39 Å². The summed E-state index contributed by atoms with van der Waals surface area (Å²) in [5.74, 6) is 2.14. The van der Waals surface area contributed by atoms with Gasteiger partial charge in [-0.25, -0.2) is 19.0 Å². The van der Waals surface area contributed by atoms with E-state index in [2.05, 4.69) is 25.0 Å². The first-order valence-electron chi connectivity index (χ1n) is 8.43. The molecule has 1 aliphatic rings. The third kappa shape index (κ3) is 3.40. The van der Waals surface area contributed by atoms with Crippen LogP contribution in [0.3, 0.4) is 0 Å². The lowest BCUT2D eigenvalue weighted by Gasteiger charge is -2.32. The van der Waals surface area contributed by atoms with Crippen molar-refractivity contribution in [2.24, 2.45) is 0 Å². The van der Waals surface area contributed by atoms with Crippen LogP contribution in [0.1, 0.15) is 17.5 Å². The zero-order valence-corrected chi connectivity index (χ0v) is 14.4. The van der Waals surface area contributed by atoms with Crippen LogP contribution in [-0.2, 0) is 17.8 Å². The molecular formula is C17H21FN6O. The number of para-hydroxylation sites is 1. The van der Waals surface area contributed by atoms with Crippen LogP contribution < -0.4 is 0 Å². The fourth-order valence-electron chi connectivity index (χ4n) is 3.30. The number of imidazole rings is 1. The first-order valence-corrected chi connectivity index (χ1v) is 8.43. The first-order chi connectivity index (χ1) is 12.1. The maximum absolute atomic E-state index is 13.8. The molecule has 1 N–H and O–H groups in total. The van der Waals surface area contributed by atoms with E-state index in [9.17, 15) is 4.39 Å². The fourth-order valence-corrected chi connectivity index (χ4v) is 3.30. The molecule has 3 aromatic rings. The van der Waals surface area contributed by atoms with E-state index in [1.807, 2.05) is 24.6 Å². The van der Waals surface area contributed by atoms with Gasteiger partial charge in [-0.2, -0.15) is 5.10 Å². The van der Waals surface area contributed by atoms with Crippen molar-refractivity contribution in [1.29, 1.82) is 0 Å². The molecule has 132 valence electrons. The van der Waals surface area contributed by atoms with E-state index in [-0.39, 0.29) is 11.9 Å². The van der Waals surface area contributed by atoms with Gasteiger partial charge in [0.1, 0.15) is 23.0 Å². The van der Waals surface area contributed by atoms with Crippen LogP contribution in [0.25, 0.3) is 11.0 Å². The van der Waals surface area contributed by atoms with Crippen molar-refractivity contribution in [3.8, 4) is 0 Å². The molecule has 25 heavy (non-hydrogen) atoms. The first kappa shape index (κ1) is 16.2. The summed E-state index contributed by atoms with van der Waals surface area (Å²) >= 11 is 0. The van der Waals surface area contributed by atoms with E-state index in [1.165, 1.54) is 6.07 Å². The molecule has 0 spiro atoms. The summed E-state index contributed by atoms with van der Waals surface area (Å²) in [5, 5.41) is 4.40. The highest BCUT2D eigenvalue weighted by Gasteiger charge is 2.23. The van der Waals surface area contributed by atoms with Gasteiger partial charge in [0, 0.05) is 13.1 Å². The standard InChI is InChI=1S/C17H21FN6O/c1-11-19-12(2)24(22-11)9-13-8-23(6-7-25-13)10-16-20-15-5-3-4-14(18)17(15)21-16/h3-5,13H,6-10H2,1-2H3,(H,20,21). The molecule has 0 amide bonds. The van der Waals surface area contributed by atoms with Gasteiger partial charge in [0.15, 0.2) is 5.82 Å². The van der Waals surface area contributed by atoms with Gasteiger partial charge in [0.2, 0.25) is 0 Å². The maximum atomic E-state index is 13.8. The topological polar surface area (TPSA) is 71.9 Å². The molecule has 7 nitrogen and oxygen atoms in total. The minimum atomic E-state index is -0.295. The second kappa shape index (κ2) is 6.53. The van der Waals surface area contributed by atoms with Crippen molar-refractivity contribution < 1.29 is 9.13 Å². The number of aryl methyl sites for hydroxylation is 2. The normalized spacial score (nSPS) is 18.9. The van der Waals surface area contributed by atoms with E-state index in [0.717, 1.165) is 36.1 Å². The van der Waals surface area contributed by atoms with Gasteiger partial charge in [-0.1, -0.05) is 6.07 Å². The van der Waals surface area contributed by atoms with Gasteiger partial charge < -0.3 is 9.72 Å². The highest BCUT2D eigenvalue weighted by molar-refractivity contribution is 5.75. The number of aromatic amines is 1. The van der Waals surface area contributed by atoms with Crippen molar-refractivity contribution in [2.45, 2.75) is 33.0 Å². The molecule has 1 atom stereocenters. The summed E-state index contributed by atoms with van der Waals surface area (Å²) in [6, 6.07) is 4.96. The quantitative estimate of drug-likeness (QED) is 0.781. The lowest BCUT2D eigenvalue weighted by atomic mass is 10.2.